The molecule has 0 saturated carbocycles. The lowest BCUT2D eigenvalue weighted by atomic mass is 10.2. The number of ether oxygens (including phenoxy) is 4. The highest BCUT2D eigenvalue weighted by molar-refractivity contribution is 5.90. The maximum atomic E-state index is 12.7. The number of aromatic nitrogens is 3. The largest absolute Gasteiger partial charge is 0.485 e. The minimum absolute atomic E-state index is 0.0612. The van der Waals surface area contributed by atoms with Crippen molar-refractivity contribution in [2.45, 2.75) is 20.5 Å². The van der Waals surface area contributed by atoms with Gasteiger partial charge in [-0.3, -0.25) is 0 Å². The van der Waals surface area contributed by atoms with Gasteiger partial charge in [0.25, 0.3) is 0 Å². The number of pyridine rings is 1. The van der Waals surface area contributed by atoms with Crippen molar-refractivity contribution in [3.05, 3.63) is 114 Å². The van der Waals surface area contributed by atoms with Gasteiger partial charge in [-0.15, -0.1) is 0 Å². The topological polar surface area (TPSA) is 108 Å². The van der Waals surface area contributed by atoms with E-state index < -0.39 is 5.97 Å². The predicted octanol–water partition coefficient (Wildman–Crippen LogP) is 7.00. The number of benzene rings is 3. The Bertz CT molecular complexity index is 1760. The van der Waals surface area contributed by atoms with Gasteiger partial charge in [-0.1, -0.05) is 42.5 Å². The van der Waals surface area contributed by atoms with Crippen molar-refractivity contribution in [1.29, 1.82) is 5.26 Å². The molecule has 9 nitrogen and oxygen atoms in total. The van der Waals surface area contributed by atoms with Crippen molar-refractivity contribution < 1.29 is 23.7 Å². The number of rotatable bonds is 10. The van der Waals surface area contributed by atoms with Crippen molar-refractivity contribution in [1.82, 2.24) is 14.5 Å². The first-order chi connectivity index (χ1) is 20.4. The highest BCUT2D eigenvalue weighted by atomic mass is 16.5. The van der Waals surface area contributed by atoms with Crippen LogP contribution in [0.3, 0.4) is 0 Å². The van der Waals surface area contributed by atoms with Gasteiger partial charge in [0.05, 0.1) is 29.5 Å². The number of carbonyl (C=O) groups excluding carboxylic acids is 1. The molecule has 0 unspecified atom stereocenters. The first-order valence-electron chi connectivity index (χ1n) is 13.3. The molecule has 0 N–H and O–H groups in total. The second-order valence-corrected chi connectivity index (χ2v) is 9.35. The zero-order chi connectivity index (χ0) is 29.5. The summed E-state index contributed by atoms with van der Waals surface area (Å²) in [6, 6.07) is 27.0. The Labute approximate surface area is 243 Å². The Morgan fingerprint density at radius 3 is 2.40 bits per heavy atom. The van der Waals surface area contributed by atoms with Gasteiger partial charge in [0.2, 0.25) is 11.8 Å². The smallest absolute Gasteiger partial charge is 0.338 e. The van der Waals surface area contributed by atoms with Crippen molar-refractivity contribution in [2.24, 2.45) is 7.05 Å². The third kappa shape index (κ3) is 6.74. The zero-order valence-corrected chi connectivity index (χ0v) is 23.4. The lowest BCUT2D eigenvalue weighted by Gasteiger charge is -2.14. The summed E-state index contributed by atoms with van der Waals surface area (Å²) in [6.45, 7) is 4.14. The molecular formula is C33H28N4O5. The van der Waals surface area contributed by atoms with E-state index in [4.69, 9.17) is 18.9 Å². The molecule has 0 bridgehead atoms. The average molecular weight is 561 g/mol. The van der Waals surface area contributed by atoms with Gasteiger partial charge in [-0.2, -0.15) is 10.2 Å². The van der Waals surface area contributed by atoms with Crippen LogP contribution in [0.1, 0.15) is 34.1 Å². The van der Waals surface area contributed by atoms with Crippen molar-refractivity contribution >= 4 is 5.97 Å². The number of carbonyl (C=O) groups is 1. The van der Waals surface area contributed by atoms with E-state index in [9.17, 15) is 10.1 Å². The van der Waals surface area contributed by atoms with E-state index in [2.05, 4.69) is 16.0 Å². The first kappa shape index (κ1) is 27.9. The number of esters is 1. The molecule has 0 aliphatic heterocycles. The number of nitrogens with zero attached hydrogens (tertiary/aromatic N) is 4. The van der Waals surface area contributed by atoms with Crippen LogP contribution in [0.2, 0.25) is 0 Å². The minimum atomic E-state index is -0.557. The summed E-state index contributed by atoms with van der Waals surface area (Å²) in [5.74, 6) is 1.57. The molecule has 2 aromatic heterocycles. The van der Waals surface area contributed by atoms with E-state index >= 15 is 0 Å². The van der Waals surface area contributed by atoms with Crippen LogP contribution in [-0.2, 0) is 18.4 Å². The van der Waals surface area contributed by atoms with Crippen LogP contribution in [0.25, 0.3) is 11.4 Å². The molecule has 5 aromatic rings. The van der Waals surface area contributed by atoms with Gasteiger partial charge in [0.1, 0.15) is 18.2 Å². The van der Waals surface area contributed by atoms with Crippen molar-refractivity contribution in [2.75, 3.05) is 6.61 Å². The second kappa shape index (κ2) is 12.7. The Morgan fingerprint density at radius 1 is 0.905 bits per heavy atom. The molecule has 0 saturated heterocycles. The molecule has 0 atom stereocenters. The molecule has 0 fully saturated rings. The average Bonchev–Trinajstić information content (AvgIpc) is 3.34. The highest BCUT2D eigenvalue weighted by Crippen LogP contribution is 2.35. The Balaban J connectivity index is 1.46. The Hall–Kier alpha value is -5.62. The second-order valence-electron chi connectivity index (χ2n) is 9.35. The summed E-state index contributed by atoms with van der Waals surface area (Å²) in [4.78, 5) is 21.8. The molecule has 9 heteroatoms. The number of nitriles is 1. The van der Waals surface area contributed by atoms with Gasteiger partial charge >= 0.3 is 5.97 Å². The first-order valence-corrected chi connectivity index (χ1v) is 13.3. The standard InChI is InChI=1S/C33H28N4O5/c1-4-39-33(38)26-17-30(41-27-12-8-11-25(16-27)32-35-22(2)20-37(32)3)36-31(18-26)42-29-15-24(19-34)13-14-28(29)40-21-23-9-6-5-7-10-23/h5-18,20H,4,21H2,1-3H3. The predicted molar refractivity (Wildman–Crippen MR) is 156 cm³/mol. The molecule has 0 aliphatic rings. The van der Waals surface area contributed by atoms with Gasteiger partial charge in [0, 0.05) is 37.0 Å². The van der Waals surface area contributed by atoms with E-state index in [1.165, 1.54) is 12.1 Å². The maximum absolute atomic E-state index is 12.7. The highest BCUT2D eigenvalue weighted by Gasteiger charge is 2.17. The van der Waals surface area contributed by atoms with Crippen molar-refractivity contribution in [3.63, 3.8) is 0 Å². The monoisotopic (exact) mass is 560 g/mol. The number of hydrogen-bond acceptors (Lipinski definition) is 8. The molecule has 2 heterocycles. The lowest BCUT2D eigenvalue weighted by molar-refractivity contribution is 0.0525. The molecule has 0 amide bonds. The number of imidazole rings is 1. The fraction of sp³-hybridized carbons (Fsp3) is 0.152. The van der Waals surface area contributed by atoms with E-state index in [-0.39, 0.29) is 29.7 Å². The molecule has 5 rings (SSSR count). The van der Waals surface area contributed by atoms with Crippen LogP contribution in [0, 0.1) is 18.3 Å². The SMILES string of the molecule is CCOC(=O)c1cc(Oc2cccc(-c3nc(C)cn3C)c2)nc(Oc2cc(C#N)ccc2OCc2ccccc2)c1. The summed E-state index contributed by atoms with van der Waals surface area (Å²) in [5.41, 5.74) is 3.29. The van der Waals surface area contributed by atoms with Crippen LogP contribution < -0.4 is 14.2 Å². The van der Waals surface area contributed by atoms with Gasteiger partial charge < -0.3 is 23.5 Å². The van der Waals surface area contributed by atoms with Crippen LogP contribution >= 0.6 is 0 Å². The number of hydrogen-bond donors (Lipinski definition) is 0. The van der Waals surface area contributed by atoms with Crippen LogP contribution in [-0.4, -0.2) is 27.1 Å². The Kier molecular flexibility index (Phi) is 8.45. The van der Waals surface area contributed by atoms with Crippen molar-refractivity contribution in [3.8, 4) is 46.5 Å². The van der Waals surface area contributed by atoms with E-state index in [0.717, 1.165) is 22.6 Å². The van der Waals surface area contributed by atoms with Crippen LogP contribution in [0.4, 0.5) is 0 Å². The van der Waals surface area contributed by atoms with E-state index in [1.54, 1.807) is 31.2 Å². The summed E-state index contributed by atoms with van der Waals surface area (Å²) in [6.07, 6.45) is 1.94. The number of aryl methyl sites for hydroxylation is 2. The lowest BCUT2D eigenvalue weighted by Crippen LogP contribution is -2.06. The molecular weight excluding hydrogens is 532 g/mol. The normalized spacial score (nSPS) is 10.5. The molecule has 42 heavy (non-hydrogen) atoms. The third-order valence-electron chi connectivity index (χ3n) is 6.13. The fourth-order valence-electron chi connectivity index (χ4n) is 4.25. The summed E-state index contributed by atoms with van der Waals surface area (Å²) < 4.78 is 25.4. The molecule has 0 aliphatic carbocycles. The van der Waals surface area contributed by atoms with Gasteiger partial charge in [0.15, 0.2) is 11.5 Å². The maximum Gasteiger partial charge on any atom is 0.338 e. The quantitative estimate of drug-likeness (QED) is 0.168. The summed E-state index contributed by atoms with van der Waals surface area (Å²) in [5, 5.41) is 9.49. The van der Waals surface area contributed by atoms with Gasteiger partial charge in [-0.25, -0.2) is 9.78 Å². The third-order valence-corrected chi connectivity index (χ3v) is 6.13. The minimum Gasteiger partial charge on any atom is -0.485 e. The van der Waals surface area contributed by atoms with E-state index in [0.29, 0.717) is 23.7 Å². The van der Waals surface area contributed by atoms with E-state index in [1.807, 2.05) is 73.3 Å². The fourth-order valence-corrected chi connectivity index (χ4v) is 4.25. The zero-order valence-electron chi connectivity index (χ0n) is 23.4. The van der Waals surface area contributed by atoms with Crippen LogP contribution in [0.5, 0.6) is 29.0 Å². The molecule has 0 radical (unpaired) electrons. The molecule has 0 spiro atoms. The van der Waals surface area contributed by atoms with Gasteiger partial charge in [-0.05, 0) is 43.7 Å². The summed E-state index contributed by atoms with van der Waals surface area (Å²) >= 11 is 0. The Morgan fingerprint density at radius 2 is 1.69 bits per heavy atom. The van der Waals surface area contributed by atoms with Crippen LogP contribution in [0.15, 0.2) is 91.1 Å². The molecule has 3 aromatic carbocycles. The molecule has 210 valence electrons. The summed E-state index contributed by atoms with van der Waals surface area (Å²) in [7, 11) is 1.93.